The maximum Gasteiger partial charge on any atom is 0.246 e. The highest BCUT2D eigenvalue weighted by Gasteiger charge is 2.37. The third-order valence-electron chi connectivity index (χ3n) is 4.13. The van der Waals surface area contributed by atoms with Gasteiger partial charge in [-0.1, -0.05) is 0 Å². The Balaban J connectivity index is 2.37. The van der Waals surface area contributed by atoms with Gasteiger partial charge in [-0.3, -0.25) is 0 Å². The second-order valence-electron chi connectivity index (χ2n) is 5.82. The molecular formula is C14H25N3O3S. The van der Waals surface area contributed by atoms with Crippen LogP contribution in [0.5, 0.6) is 0 Å². The highest BCUT2D eigenvalue weighted by molar-refractivity contribution is 7.89. The molecule has 0 saturated carbocycles. The Bertz CT molecular complexity index is 607. The molecule has 1 aliphatic heterocycles. The topological polar surface area (TPSA) is 65.8 Å². The van der Waals surface area contributed by atoms with Gasteiger partial charge in [0, 0.05) is 31.2 Å². The molecule has 0 bridgehead atoms. The quantitative estimate of drug-likeness (QED) is 0.876. The van der Waals surface area contributed by atoms with E-state index in [1.165, 1.54) is 0 Å². The Morgan fingerprint density at radius 3 is 2.52 bits per heavy atom. The minimum atomic E-state index is -3.49. The first kappa shape index (κ1) is 16.5. The molecule has 1 saturated heterocycles. The molecule has 2 heterocycles. The molecule has 6 nitrogen and oxygen atoms in total. The lowest BCUT2D eigenvalue weighted by atomic mass is 10.2. The van der Waals surface area contributed by atoms with Gasteiger partial charge < -0.3 is 14.6 Å². The minimum Gasteiger partial charge on any atom is -0.465 e. The third kappa shape index (κ3) is 3.01. The van der Waals surface area contributed by atoms with Gasteiger partial charge in [-0.05, 0) is 41.4 Å². The third-order valence-corrected chi connectivity index (χ3v) is 6.19. The van der Waals surface area contributed by atoms with E-state index < -0.39 is 10.0 Å². The number of hydrogen-bond acceptors (Lipinski definition) is 5. The summed E-state index contributed by atoms with van der Waals surface area (Å²) in [6.45, 7) is 5.12. The fourth-order valence-electron chi connectivity index (χ4n) is 2.91. The number of likely N-dealkylation sites (N-methyl/N-ethyl adjacent to an activating group) is 1. The number of nitrogens with zero attached hydrogens (tertiary/aromatic N) is 2. The van der Waals surface area contributed by atoms with Crippen LogP contribution in [0.1, 0.15) is 23.5 Å². The van der Waals surface area contributed by atoms with E-state index >= 15 is 0 Å². The molecule has 0 aliphatic carbocycles. The number of rotatable bonds is 5. The molecule has 1 N–H and O–H groups in total. The lowest BCUT2D eigenvalue weighted by Gasteiger charge is -2.20. The van der Waals surface area contributed by atoms with Crippen molar-refractivity contribution in [1.82, 2.24) is 14.5 Å². The Hall–Kier alpha value is -0.890. The van der Waals surface area contributed by atoms with Crippen molar-refractivity contribution in [2.24, 2.45) is 0 Å². The molecular weight excluding hydrogens is 290 g/mol. The Kier molecular flexibility index (Phi) is 4.77. The van der Waals surface area contributed by atoms with E-state index in [1.54, 1.807) is 18.3 Å². The van der Waals surface area contributed by atoms with Crippen LogP contribution in [0.2, 0.25) is 0 Å². The van der Waals surface area contributed by atoms with Crippen LogP contribution in [0.15, 0.2) is 9.31 Å². The van der Waals surface area contributed by atoms with E-state index in [4.69, 9.17) is 4.42 Å². The van der Waals surface area contributed by atoms with Crippen LogP contribution in [-0.2, 0) is 16.6 Å². The molecule has 1 atom stereocenters. The van der Waals surface area contributed by atoms with Crippen LogP contribution in [0.3, 0.4) is 0 Å². The molecule has 21 heavy (non-hydrogen) atoms. The van der Waals surface area contributed by atoms with Gasteiger partial charge in [-0.25, -0.2) is 8.42 Å². The highest BCUT2D eigenvalue weighted by Crippen LogP contribution is 2.31. The Morgan fingerprint density at radius 1 is 1.33 bits per heavy atom. The van der Waals surface area contributed by atoms with Gasteiger partial charge in [-0.15, -0.1) is 0 Å². The summed E-state index contributed by atoms with van der Waals surface area (Å²) in [5.74, 6) is 1.15. The van der Waals surface area contributed by atoms with E-state index in [1.807, 2.05) is 21.0 Å². The normalized spacial score (nSPS) is 20.6. The lowest BCUT2D eigenvalue weighted by Crippen LogP contribution is -2.35. The van der Waals surface area contributed by atoms with Crippen molar-refractivity contribution in [1.29, 1.82) is 0 Å². The summed E-state index contributed by atoms with van der Waals surface area (Å²) < 4.78 is 33.0. The predicted octanol–water partition coefficient (Wildman–Crippen LogP) is 0.940. The van der Waals surface area contributed by atoms with Crippen molar-refractivity contribution in [2.45, 2.75) is 37.8 Å². The summed E-state index contributed by atoms with van der Waals surface area (Å²) in [5, 5.41) is 3.02. The zero-order chi connectivity index (χ0) is 15.8. The second-order valence-corrected chi connectivity index (χ2v) is 7.70. The van der Waals surface area contributed by atoms with Gasteiger partial charge in [0.1, 0.15) is 16.4 Å². The summed E-state index contributed by atoms with van der Waals surface area (Å²) in [5.41, 5.74) is 0.739. The highest BCUT2D eigenvalue weighted by atomic mass is 32.2. The lowest BCUT2D eigenvalue weighted by molar-refractivity contribution is 0.302. The molecule has 1 aromatic heterocycles. The number of furan rings is 1. The second kappa shape index (κ2) is 6.08. The molecule has 1 fully saturated rings. The minimum absolute atomic E-state index is 0.279. The summed E-state index contributed by atoms with van der Waals surface area (Å²) in [7, 11) is 2.28. The molecule has 2 rings (SSSR count). The predicted molar refractivity (Wildman–Crippen MR) is 81.8 cm³/mol. The van der Waals surface area contributed by atoms with E-state index in [-0.39, 0.29) is 6.04 Å². The van der Waals surface area contributed by atoms with Crippen molar-refractivity contribution in [3.05, 3.63) is 17.1 Å². The number of hydrogen-bond donors (Lipinski definition) is 1. The first-order valence-electron chi connectivity index (χ1n) is 7.19. The van der Waals surface area contributed by atoms with E-state index in [9.17, 15) is 8.42 Å². The molecule has 1 aromatic rings. The van der Waals surface area contributed by atoms with Crippen LogP contribution < -0.4 is 5.32 Å². The molecule has 1 unspecified atom stereocenters. The van der Waals surface area contributed by atoms with Crippen LogP contribution >= 0.6 is 0 Å². The average molecular weight is 315 g/mol. The number of sulfonamides is 1. The maximum atomic E-state index is 13.0. The fraction of sp³-hybridized carbons (Fsp3) is 0.714. The van der Waals surface area contributed by atoms with Crippen LogP contribution in [0.25, 0.3) is 0 Å². The van der Waals surface area contributed by atoms with Gasteiger partial charge in [0.15, 0.2) is 0 Å². The summed E-state index contributed by atoms with van der Waals surface area (Å²) in [6.07, 6.45) is 0.865. The van der Waals surface area contributed by atoms with Crippen LogP contribution in [-0.4, -0.2) is 57.9 Å². The standard InChI is InChI=1S/C14H25N3O3S/c1-10-13(8-15-3)14(11(2)20-10)21(18,19)17-7-6-12(9-17)16(4)5/h12,15H,6-9H2,1-5H3. The summed E-state index contributed by atoms with van der Waals surface area (Å²) in [4.78, 5) is 2.42. The van der Waals surface area contributed by atoms with Gasteiger partial charge in [0.05, 0.1) is 0 Å². The summed E-state index contributed by atoms with van der Waals surface area (Å²) in [6, 6.07) is 0.279. The Morgan fingerprint density at radius 2 is 2.00 bits per heavy atom. The first-order chi connectivity index (χ1) is 9.78. The van der Waals surface area contributed by atoms with Gasteiger partial charge in [0.2, 0.25) is 10.0 Å². The van der Waals surface area contributed by atoms with Gasteiger partial charge in [0.25, 0.3) is 0 Å². The van der Waals surface area contributed by atoms with Crippen molar-refractivity contribution in [2.75, 3.05) is 34.2 Å². The number of nitrogens with one attached hydrogen (secondary N) is 1. The van der Waals surface area contributed by atoms with E-state index in [0.717, 1.165) is 12.0 Å². The van der Waals surface area contributed by atoms with E-state index in [0.29, 0.717) is 36.1 Å². The smallest absolute Gasteiger partial charge is 0.246 e. The van der Waals surface area contributed by atoms with Crippen molar-refractivity contribution in [3.63, 3.8) is 0 Å². The van der Waals surface area contributed by atoms with Crippen molar-refractivity contribution in [3.8, 4) is 0 Å². The molecule has 0 aromatic carbocycles. The van der Waals surface area contributed by atoms with Crippen molar-refractivity contribution >= 4 is 10.0 Å². The molecule has 0 amide bonds. The average Bonchev–Trinajstić information content (AvgIpc) is 2.96. The monoisotopic (exact) mass is 315 g/mol. The molecule has 120 valence electrons. The van der Waals surface area contributed by atoms with Crippen LogP contribution in [0.4, 0.5) is 0 Å². The van der Waals surface area contributed by atoms with Crippen molar-refractivity contribution < 1.29 is 12.8 Å². The molecule has 0 radical (unpaired) electrons. The Labute approximate surface area is 127 Å². The molecule has 0 spiro atoms. The number of aryl methyl sites for hydroxylation is 2. The molecule has 7 heteroatoms. The van der Waals surface area contributed by atoms with Gasteiger partial charge >= 0.3 is 0 Å². The fourth-order valence-corrected chi connectivity index (χ4v) is 4.81. The SMILES string of the molecule is CNCc1c(C)oc(C)c1S(=O)(=O)N1CCC(N(C)C)C1. The maximum absolute atomic E-state index is 13.0. The largest absolute Gasteiger partial charge is 0.465 e. The zero-order valence-corrected chi connectivity index (χ0v) is 14.2. The zero-order valence-electron chi connectivity index (χ0n) is 13.4. The summed E-state index contributed by atoms with van der Waals surface area (Å²) >= 11 is 0. The van der Waals surface area contributed by atoms with E-state index in [2.05, 4.69) is 10.2 Å². The first-order valence-corrected chi connectivity index (χ1v) is 8.63. The molecule has 1 aliphatic rings. The van der Waals surface area contributed by atoms with Crippen LogP contribution in [0, 0.1) is 13.8 Å². The van der Waals surface area contributed by atoms with Gasteiger partial charge in [-0.2, -0.15) is 4.31 Å².